The van der Waals surface area contributed by atoms with Crippen LogP contribution in [-0.4, -0.2) is 13.2 Å². The number of hydrogen-bond acceptors (Lipinski definition) is 2. The van der Waals surface area contributed by atoms with E-state index < -0.39 is 0 Å². The van der Waals surface area contributed by atoms with Crippen LogP contribution in [0.15, 0.2) is 78.9 Å². The van der Waals surface area contributed by atoms with Gasteiger partial charge in [-0.3, -0.25) is 0 Å². The minimum Gasteiger partial charge on any atom is -0.372 e. The van der Waals surface area contributed by atoms with Crippen LogP contribution in [0, 0.1) is 18.3 Å². The fraction of sp³-hybridized carbons (Fsp3) is 0.357. The molecule has 1 saturated carbocycles. The lowest BCUT2D eigenvalue weighted by Gasteiger charge is -2.40. The van der Waals surface area contributed by atoms with Gasteiger partial charge in [-0.15, -0.1) is 0 Å². The molecule has 4 atom stereocenters. The van der Waals surface area contributed by atoms with Gasteiger partial charge < -0.3 is 9.47 Å². The van der Waals surface area contributed by atoms with Crippen molar-refractivity contribution in [2.45, 2.75) is 38.4 Å². The zero-order valence-corrected chi connectivity index (χ0v) is 18.9. The molecule has 0 bridgehead atoms. The van der Waals surface area contributed by atoms with Crippen molar-refractivity contribution >= 4 is 11.6 Å². The molecule has 0 radical (unpaired) electrons. The van der Waals surface area contributed by atoms with E-state index in [0.717, 1.165) is 24.5 Å². The van der Waals surface area contributed by atoms with Gasteiger partial charge in [-0.25, -0.2) is 0 Å². The summed E-state index contributed by atoms with van der Waals surface area (Å²) in [5.74, 6) is 0.510. The van der Waals surface area contributed by atoms with Gasteiger partial charge in [0.1, 0.15) is 0 Å². The Balaban J connectivity index is 1.48. The first-order chi connectivity index (χ1) is 15.0. The Hall–Kier alpha value is -2.13. The normalized spacial score (nSPS) is 27.6. The average molecular weight is 433 g/mol. The van der Waals surface area contributed by atoms with E-state index in [1.807, 2.05) is 12.1 Å². The number of ether oxygens (including phenoxy) is 2. The van der Waals surface area contributed by atoms with Crippen LogP contribution < -0.4 is 0 Å². The molecule has 5 rings (SSSR count). The van der Waals surface area contributed by atoms with Crippen molar-refractivity contribution in [1.29, 1.82) is 0 Å². The Bertz CT molecular complexity index is 1030. The molecular weight excluding hydrogens is 404 g/mol. The van der Waals surface area contributed by atoms with Crippen molar-refractivity contribution in [3.05, 3.63) is 106 Å². The van der Waals surface area contributed by atoms with Gasteiger partial charge in [0.2, 0.25) is 0 Å². The molecule has 1 saturated heterocycles. The third-order valence-electron chi connectivity index (χ3n) is 7.38. The molecule has 0 spiro atoms. The second kappa shape index (κ2) is 8.09. The molecule has 2 aliphatic rings. The van der Waals surface area contributed by atoms with Crippen LogP contribution in [0.3, 0.4) is 0 Å². The lowest BCUT2D eigenvalue weighted by molar-refractivity contribution is -0.108. The van der Waals surface area contributed by atoms with E-state index in [4.69, 9.17) is 21.1 Å². The zero-order valence-electron chi connectivity index (χ0n) is 18.2. The zero-order chi connectivity index (χ0) is 21.5. The predicted octanol–water partition coefficient (Wildman–Crippen LogP) is 6.90. The third kappa shape index (κ3) is 3.61. The second-order valence-electron chi connectivity index (χ2n) is 9.19. The first-order valence-electron chi connectivity index (χ1n) is 11.1. The van der Waals surface area contributed by atoms with E-state index in [2.05, 4.69) is 80.6 Å². The summed E-state index contributed by atoms with van der Waals surface area (Å²) in [5.41, 5.74) is 4.55. The van der Waals surface area contributed by atoms with Gasteiger partial charge in [0.05, 0.1) is 24.9 Å². The molecule has 1 heterocycles. The van der Waals surface area contributed by atoms with Crippen LogP contribution in [0.25, 0.3) is 0 Å². The maximum atomic E-state index is 6.72. The van der Waals surface area contributed by atoms with Gasteiger partial charge in [-0.1, -0.05) is 83.9 Å². The maximum Gasteiger partial charge on any atom is 0.0991 e. The Labute approximate surface area is 190 Å². The summed E-state index contributed by atoms with van der Waals surface area (Å²) < 4.78 is 13.2. The summed E-state index contributed by atoms with van der Waals surface area (Å²) in [6.45, 7) is 5.85. The molecular formula is C28H29ClO2. The molecule has 1 aliphatic carbocycles. The number of fused-ring (bicyclic) bond motifs is 1. The molecule has 0 unspecified atom stereocenters. The largest absolute Gasteiger partial charge is 0.372 e. The topological polar surface area (TPSA) is 18.5 Å². The number of aryl methyl sites for hydroxylation is 1. The van der Waals surface area contributed by atoms with E-state index in [9.17, 15) is 0 Å². The summed E-state index contributed by atoms with van der Waals surface area (Å²) in [7, 11) is 0. The molecule has 31 heavy (non-hydrogen) atoms. The molecule has 160 valence electrons. The van der Waals surface area contributed by atoms with Crippen LogP contribution in [0.5, 0.6) is 0 Å². The second-order valence-corrected chi connectivity index (χ2v) is 9.63. The Morgan fingerprint density at radius 1 is 1.00 bits per heavy atom. The fourth-order valence-electron chi connectivity index (χ4n) is 5.46. The molecule has 3 aromatic carbocycles. The van der Waals surface area contributed by atoms with Gasteiger partial charge >= 0.3 is 0 Å². The molecule has 3 aromatic rings. The molecule has 2 nitrogen and oxygen atoms in total. The maximum absolute atomic E-state index is 6.72. The monoisotopic (exact) mass is 432 g/mol. The Morgan fingerprint density at radius 2 is 1.71 bits per heavy atom. The number of benzene rings is 3. The molecule has 0 N–H and O–H groups in total. The average Bonchev–Trinajstić information content (AvgIpc) is 3.46. The van der Waals surface area contributed by atoms with E-state index >= 15 is 0 Å². The number of hydrogen-bond donors (Lipinski definition) is 0. The number of rotatable bonds is 7. The van der Waals surface area contributed by atoms with Gasteiger partial charge in [0, 0.05) is 10.4 Å². The van der Waals surface area contributed by atoms with Crippen LogP contribution >= 0.6 is 11.6 Å². The standard InChI is InChI=1S/C28H29ClO2/c1-20-8-12-23(13-9-20)27(2)28(18-24(28)19-31-27)26(22-10-14-25(29)15-11-22)30-17-16-21-6-4-3-5-7-21/h3-15,24,26H,16-19H2,1-2H3/t24-,26+,27-,28-/m1/s1. The van der Waals surface area contributed by atoms with Crippen molar-refractivity contribution in [1.82, 2.24) is 0 Å². The first kappa shape index (κ1) is 20.8. The number of halogens is 1. The Morgan fingerprint density at radius 3 is 2.39 bits per heavy atom. The van der Waals surface area contributed by atoms with Crippen molar-refractivity contribution in [2.24, 2.45) is 11.3 Å². The summed E-state index contributed by atoms with van der Waals surface area (Å²) in [6, 6.07) is 27.5. The molecule has 2 fully saturated rings. The summed E-state index contributed by atoms with van der Waals surface area (Å²) >= 11 is 6.21. The highest BCUT2D eigenvalue weighted by molar-refractivity contribution is 6.30. The Kier molecular flexibility index (Phi) is 5.42. The van der Waals surface area contributed by atoms with Crippen molar-refractivity contribution in [3.63, 3.8) is 0 Å². The lowest BCUT2D eigenvalue weighted by Crippen LogP contribution is -2.38. The smallest absolute Gasteiger partial charge is 0.0991 e. The van der Waals surface area contributed by atoms with Gasteiger partial charge in [-0.2, -0.15) is 0 Å². The molecule has 3 heteroatoms. The van der Waals surface area contributed by atoms with Gasteiger partial charge in [-0.05, 0) is 61.4 Å². The molecule has 0 aromatic heterocycles. The van der Waals surface area contributed by atoms with Gasteiger partial charge in [0.15, 0.2) is 0 Å². The quantitative estimate of drug-likeness (QED) is 0.404. The minimum absolute atomic E-state index is 0.0349. The van der Waals surface area contributed by atoms with Gasteiger partial charge in [0.25, 0.3) is 0 Å². The SMILES string of the molecule is Cc1ccc([C@@]2(C)OC[C@H]3C[C@]32[C@@H](OCCc2ccccc2)c2ccc(Cl)cc2)cc1. The highest BCUT2D eigenvalue weighted by Gasteiger charge is 2.74. The summed E-state index contributed by atoms with van der Waals surface area (Å²) in [5, 5.41) is 0.751. The lowest BCUT2D eigenvalue weighted by atomic mass is 9.74. The highest BCUT2D eigenvalue weighted by Crippen LogP contribution is 2.75. The first-order valence-corrected chi connectivity index (χ1v) is 11.5. The summed E-state index contributed by atoms with van der Waals surface area (Å²) in [6.07, 6.45) is 1.98. The fourth-order valence-corrected chi connectivity index (χ4v) is 5.58. The molecule has 0 amide bonds. The minimum atomic E-state index is -0.373. The van der Waals surface area contributed by atoms with Crippen molar-refractivity contribution in [2.75, 3.05) is 13.2 Å². The predicted molar refractivity (Wildman–Crippen MR) is 125 cm³/mol. The summed E-state index contributed by atoms with van der Waals surface area (Å²) in [4.78, 5) is 0. The van der Waals surface area contributed by atoms with Crippen LogP contribution in [-0.2, 0) is 21.5 Å². The van der Waals surface area contributed by atoms with E-state index in [0.29, 0.717) is 12.5 Å². The van der Waals surface area contributed by atoms with Crippen LogP contribution in [0.2, 0.25) is 5.02 Å². The highest BCUT2D eigenvalue weighted by atomic mass is 35.5. The third-order valence-corrected chi connectivity index (χ3v) is 7.63. The van der Waals surface area contributed by atoms with Crippen LogP contribution in [0.4, 0.5) is 0 Å². The van der Waals surface area contributed by atoms with E-state index in [-0.39, 0.29) is 17.1 Å². The van der Waals surface area contributed by atoms with Crippen molar-refractivity contribution in [3.8, 4) is 0 Å². The van der Waals surface area contributed by atoms with E-state index in [1.165, 1.54) is 22.3 Å². The molecule has 1 aliphatic heterocycles. The van der Waals surface area contributed by atoms with Crippen LogP contribution in [0.1, 0.15) is 41.7 Å². The van der Waals surface area contributed by atoms with E-state index in [1.54, 1.807) is 0 Å². The van der Waals surface area contributed by atoms with Crippen molar-refractivity contribution < 1.29 is 9.47 Å².